The molecule has 2 aliphatic heterocycles. The molecule has 0 spiro atoms. The van der Waals surface area contributed by atoms with Crippen LogP contribution in [0.25, 0.3) is 11.2 Å². The van der Waals surface area contributed by atoms with Gasteiger partial charge in [-0.25, -0.2) is 9.97 Å². The van der Waals surface area contributed by atoms with Crippen LogP contribution in [0.2, 0.25) is 0 Å². The van der Waals surface area contributed by atoms with Gasteiger partial charge in [-0.05, 0) is 44.0 Å². The SMILES string of the molecule is Cn1nnc([C@H]2O[C@H](c3nc4nc(NCCN5CCCC5)nc(C5CCCC5)c4[nH]3)[C@H](O)[C@@H]2O)n1. The molecule has 0 aromatic carbocycles. The first-order chi connectivity index (χ1) is 17.1. The molecule has 3 aliphatic rings. The van der Waals surface area contributed by atoms with E-state index in [0.717, 1.165) is 50.2 Å². The number of aliphatic hydroxyl groups excluding tert-OH is 2. The molecule has 1 aliphatic carbocycles. The fourth-order valence-electron chi connectivity index (χ4n) is 5.51. The van der Waals surface area contributed by atoms with Crippen LogP contribution >= 0.6 is 0 Å². The molecule has 3 aromatic heterocycles. The van der Waals surface area contributed by atoms with Crippen LogP contribution < -0.4 is 5.32 Å². The fourth-order valence-corrected chi connectivity index (χ4v) is 5.51. The maximum Gasteiger partial charge on any atom is 0.225 e. The summed E-state index contributed by atoms with van der Waals surface area (Å²) in [5.74, 6) is 1.53. The number of nitrogens with one attached hydrogen (secondary N) is 2. The second-order valence-corrected chi connectivity index (χ2v) is 9.81. The first-order valence-corrected chi connectivity index (χ1v) is 12.6. The molecule has 1 saturated carbocycles. The van der Waals surface area contributed by atoms with E-state index in [2.05, 4.69) is 40.6 Å². The number of hydrogen-bond acceptors (Lipinski definition) is 11. The molecule has 0 bridgehead atoms. The molecular formula is C22H32N10O3. The number of nitrogens with zero attached hydrogens (tertiary/aromatic N) is 8. The molecule has 6 rings (SSSR count). The van der Waals surface area contributed by atoms with Crippen molar-refractivity contribution in [2.24, 2.45) is 7.05 Å². The summed E-state index contributed by atoms with van der Waals surface area (Å²) in [5.41, 5.74) is 2.26. The Morgan fingerprint density at radius 1 is 1.03 bits per heavy atom. The van der Waals surface area contributed by atoms with Crippen molar-refractivity contribution < 1.29 is 14.9 Å². The third kappa shape index (κ3) is 4.37. The van der Waals surface area contributed by atoms with E-state index in [4.69, 9.17) is 9.72 Å². The minimum atomic E-state index is -1.21. The number of aromatic nitrogens is 8. The van der Waals surface area contributed by atoms with Crippen molar-refractivity contribution in [3.05, 3.63) is 17.3 Å². The van der Waals surface area contributed by atoms with E-state index in [1.807, 2.05) is 0 Å². The predicted molar refractivity (Wildman–Crippen MR) is 124 cm³/mol. The van der Waals surface area contributed by atoms with Crippen molar-refractivity contribution in [1.29, 1.82) is 0 Å². The number of aliphatic hydroxyl groups is 2. The summed E-state index contributed by atoms with van der Waals surface area (Å²) in [4.78, 5) is 21.3. The molecule has 3 aromatic rings. The van der Waals surface area contributed by atoms with E-state index < -0.39 is 24.4 Å². The molecule has 0 amide bonds. The topological polar surface area (TPSA) is 163 Å². The van der Waals surface area contributed by atoms with Crippen LogP contribution in [0.3, 0.4) is 0 Å². The van der Waals surface area contributed by atoms with Crippen LogP contribution in [-0.4, -0.2) is 93.6 Å². The van der Waals surface area contributed by atoms with E-state index in [1.165, 1.54) is 30.5 Å². The summed E-state index contributed by atoms with van der Waals surface area (Å²) < 4.78 is 5.98. The highest BCUT2D eigenvalue weighted by atomic mass is 16.5. The van der Waals surface area contributed by atoms with Crippen LogP contribution in [0, 0.1) is 0 Å². The maximum absolute atomic E-state index is 10.8. The smallest absolute Gasteiger partial charge is 0.225 e. The average molecular weight is 485 g/mol. The molecule has 188 valence electrons. The number of imidazole rings is 1. The molecule has 4 atom stereocenters. The minimum Gasteiger partial charge on any atom is -0.387 e. The van der Waals surface area contributed by atoms with Crippen molar-refractivity contribution in [1.82, 2.24) is 45.0 Å². The predicted octanol–water partition coefficient (Wildman–Crippen LogP) is 0.576. The number of fused-ring (bicyclic) bond motifs is 1. The van der Waals surface area contributed by atoms with Gasteiger partial charge in [0.25, 0.3) is 0 Å². The Labute approximate surface area is 202 Å². The van der Waals surface area contributed by atoms with Gasteiger partial charge < -0.3 is 30.2 Å². The molecule has 3 fully saturated rings. The summed E-state index contributed by atoms with van der Waals surface area (Å²) >= 11 is 0. The lowest BCUT2D eigenvalue weighted by Crippen LogP contribution is -2.27. The lowest BCUT2D eigenvalue weighted by molar-refractivity contribution is -0.00234. The zero-order valence-electron chi connectivity index (χ0n) is 19.8. The van der Waals surface area contributed by atoms with Crippen LogP contribution in [0.1, 0.15) is 74.0 Å². The molecule has 13 heteroatoms. The van der Waals surface area contributed by atoms with Gasteiger partial charge in [0, 0.05) is 19.0 Å². The number of anilines is 1. The Bertz CT molecular complexity index is 1170. The number of likely N-dealkylation sites (tertiary alicyclic amines) is 1. The van der Waals surface area contributed by atoms with Crippen molar-refractivity contribution in [2.75, 3.05) is 31.5 Å². The highest BCUT2D eigenvalue weighted by molar-refractivity contribution is 5.75. The molecule has 5 heterocycles. The first-order valence-electron chi connectivity index (χ1n) is 12.6. The van der Waals surface area contributed by atoms with Crippen molar-refractivity contribution in [3.63, 3.8) is 0 Å². The van der Waals surface area contributed by atoms with Gasteiger partial charge in [-0.2, -0.15) is 9.78 Å². The number of H-pyrrole nitrogens is 1. The van der Waals surface area contributed by atoms with Gasteiger partial charge in [-0.15, -0.1) is 10.2 Å². The highest BCUT2D eigenvalue weighted by Crippen LogP contribution is 2.41. The molecule has 0 unspecified atom stereocenters. The maximum atomic E-state index is 10.8. The van der Waals surface area contributed by atoms with E-state index >= 15 is 0 Å². The lowest BCUT2D eigenvalue weighted by atomic mass is 10.0. The molecule has 2 saturated heterocycles. The molecule has 0 radical (unpaired) electrons. The quantitative estimate of drug-likeness (QED) is 0.371. The summed E-state index contributed by atoms with van der Waals surface area (Å²) in [7, 11) is 1.63. The minimum absolute atomic E-state index is 0.216. The van der Waals surface area contributed by atoms with E-state index in [0.29, 0.717) is 23.3 Å². The zero-order valence-corrected chi connectivity index (χ0v) is 19.8. The second-order valence-electron chi connectivity index (χ2n) is 9.81. The number of aryl methyl sites for hydroxylation is 1. The Kier molecular flexibility index (Phi) is 6.08. The Morgan fingerprint density at radius 2 is 1.80 bits per heavy atom. The number of aromatic amines is 1. The van der Waals surface area contributed by atoms with Gasteiger partial charge in [0.1, 0.15) is 29.7 Å². The lowest BCUT2D eigenvalue weighted by Gasteiger charge is -2.15. The highest BCUT2D eigenvalue weighted by Gasteiger charge is 2.47. The van der Waals surface area contributed by atoms with Crippen LogP contribution in [0.5, 0.6) is 0 Å². The van der Waals surface area contributed by atoms with Gasteiger partial charge in [0.2, 0.25) is 11.8 Å². The number of rotatable bonds is 7. The van der Waals surface area contributed by atoms with Gasteiger partial charge in [-0.1, -0.05) is 12.8 Å². The van der Waals surface area contributed by atoms with Crippen molar-refractivity contribution in [2.45, 2.75) is 68.9 Å². The molecule has 4 N–H and O–H groups in total. The Balaban J connectivity index is 1.28. The third-order valence-corrected chi connectivity index (χ3v) is 7.36. The standard InChI is InChI=1S/C22H32N10O3/c1-31-29-21(28-30-31)18-16(34)15(33)17(35-18)20-24-14-13(12-6-2-3-7-12)25-22(27-19(14)26-20)23-8-11-32-9-4-5-10-32/h12,15-18,33-34H,2-11H2,1H3,(H2,23,24,25,26,27)/t15-,16+,17+,18+/m1/s1. The number of hydrogen-bond donors (Lipinski definition) is 4. The monoisotopic (exact) mass is 484 g/mol. The van der Waals surface area contributed by atoms with Crippen LogP contribution in [-0.2, 0) is 11.8 Å². The number of ether oxygens (including phenoxy) is 1. The molecule has 13 nitrogen and oxygen atoms in total. The van der Waals surface area contributed by atoms with Crippen LogP contribution in [0.4, 0.5) is 5.95 Å². The van der Waals surface area contributed by atoms with E-state index in [1.54, 1.807) is 7.05 Å². The van der Waals surface area contributed by atoms with Crippen molar-refractivity contribution >= 4 is 17.1 Å². The fraction of sp³-hybridized carbons (Fsp3) is 0.727. The average Bonchev–Trinajstić information content (AvgIpc) is 3.67. The van der Waals surface area contributed by atoms with Crippen LogP contribution in [0.15, 0.2) is 0 Å². The third-order valence-electron chi connectivity index (χ3n) is 7.36. The van der Waals surface area contributed by atoms with Gasteiger partial charge in [0.15, 0.2) is 11.8 Å². The molecule has 35 heavy (non-hydrogen) atoms. The summed E-state index contributed by atoms with van der Waals surface area (Å²) in [6, 6.07) is 0. The second kappa shape index (κ2) is 9.37. The van der Waals surface area contributed by atoms with Gasteiger partial charge in [-0.3, -0.25) is 0 Å². The zero-order chi connectivity index (χ0) is 23.9. The Hall–Kier alpha value is -2.74. The van der Waals surface area contributed by atoms with Crippen molar-refractivity contribution in [3.8, 4) is 0 Å². The largest absolute Gasteiger partial charge is 0.387 e. The summed E-state index contributed by atoms with van der Waals surface area (Å²) in [6.45, 7) is 4.04. The summed E-state index contributed by atoms with van der Waals surface area (Å²) in [6.07, 6.45) is 2.85. The normalized spacial score (nSPS) is 28.0. The van der Waals surface area contributed by atoms with E-state index in [9.17, 15) is 10.2 Å². The first kappa shape index (κ1) is 22.7. The van der Waals surface area contributed by atoms with Gasteiger partial charge >= 0.3 is 0 Å². The summed E-state index contributed by atoms with van der Waals surface area (Å²) in [5, 5.41) is 36.6. The Morgan fingerprint density at radius 3 is 2.54 bits per heavy atom. The molecular weight excluding hydrogens is 452 g/mol. The number of tetrazole rings is 1. The van der Waals surface area contributed by atoms with E-state index in [-0.39, 0.29) is 5.82 Å². The van der Waals surface area contributed by atoms with Gasteiger partial charge in [0.05, 0.1) is 12.7 Å².